The van der Waals surface area contributed by atoms with Crippen molar-refractivity contribution in [3.63, 3.8) is 0 Å². The minimum Gasteiger partial charge on any atom is -0.494 e. The van der Waals surface area contributed by atoms with Crippen molar-refractivity contribution in [3.05, 3.63) is 71.5 Å². The monoisotopic (exact) mass is 431 g/mol. The number of halogens is 2. The molecule has 0 N–H and O–H groups in total. The van der Waals surface area contributed by atoms with Crippen LogP contribution in [0.4, 0.5) is 4.39 Å². The lowest BCUT2D eigenvalue weighted by molar-refractivity contribution is 0.309. The second-order valence-corrected chi connectivity index (χ2v) is 7.81. The highest BCUT2D eigenvalue weighted by molar-refractivity contribution is 7.98. The first-order valence-electron chi connectivity index (χ1n) is 9.46. The summed E-state index contributed by atoms with van der Waals surface area (Å²) in [6.45, 7) is 7.28. The Hall–Kier alpha value is -2.31. The molecule has 152 valence electrons. The normalized spacial score (nSPS) is 10.9. The average Bonchev–Trinajstić information content (AvgIpc) is 3.11. The Morgan fingerprint density at radius 2 is 2.00 bits per heavy atom. The van der Waals surface area contributed by atoms with E-state index >= 15 is 0 Å². The van der Waals surface area contributed by atoms with E-state index in [2.05, 4.69) is 23.7 Å². The molecule has 0 radical (unpaired) electrons. The van der Waals surface area contributed by atoms with Gasteiger partial charge in [-0.05, 0) is 48.4 Å². The predicted octanol–water partition coefficient (Wildman–Crippen LogP) is 6.39. The van der Waals surface area contributed by atoms with Crippen LogP contribution in [0.1, 0.15) is 25.3 Å². The van der Waals surface area contributed by atoms with Crippen molar-refractivity contribution in [3.8, 4) is 17.1 Å². The van der Waals surface area contributed by atoms with Gasteiger partial charge in [0.2, 0.25) is 0 Å². The third-order valence-electron chi connectivity index (χ3n) is 4.28. The minimum absolute atomic E-state index is 0.344. The molecule has 0 aliphatic heterocycles. The van der Waals surface area contributed by atoms with Crippen molar-refractivity contribution < 1.29 is 9.13 Å². The molecule has 0 saturated heterocycles. The second kappa shape index (κ2) is 10.5. The zero-order valence-corrected chi connectivity index (χ0v) is 17.8. The van der Waals surface area contributed by atoms with E-state index in [0.29, 0.717) is 17.3 Å². The third kappa shape index (κ3) is 5.61. The maximum absolute atomic E-state index is 13.2. The molecule has 0 fully saturated rings. The number of ether oxygens (including phenoxy) is 1. The molecule has 1 aromatic heterocycles. The van der Waals surface area contributed by atoms with Crippen LogP contribution in [0.15, 0.2) is 60.3 Å². The van der Waals surface area contributed by atoms with Gasteiger partial charge in [-0.25, -0.2) is 4.39 Å². The molecule has 0 spiro atoms. The van der Waals surface area contributed by atoms with Gasteiger partial charge in [0.25, 0.3) is 0 Å². The zero-order chi connectivity index (χ0) is 20.6. The maximum Gasteiger partial charge on any atom is 0.192 e. The van der Waals surface area contributed by atoms with Crippen molar-refractivity contribution in [1.29, 1.82) is 0 Å². The predicted molar refractivity (Wildman–Crippen MR) is 117 cm³/mol. The van der Waals surface area contributed by atoms with Crippen LogP contribution in [0.25, 0.3) is 11.4 Å². The second-order valence-electron chi connectivity index (χ2n) is 6.46. The van der Waals surface area contributed by atoms with E-state index in [4.69, 9.17) is 16.3 Å². The standard InChI is InChI=1S/C22H23ClFN3OS/c1-3-5-13-28-19-10-7-16(8-11-19)21-25-26-22(27(21)12-4-2)29-15-17-6-9-18(24)14-20(17)23/h4,6-11,14H,2-3,5,12-13,15H2,1H3. The van der Waals surface area contributed by atoms with Gasteiger partial charge in [0.05, 0.1) is 6.61 Å². The molecule has 0 atom stereocenters. The molecule has 0 unspecified atom stereocenters. The Kier molecular flexibility index (Phi) is 7.72. The summed E-state index contributed by atoms with van der Waals surface area (Å²) >= 11 is 7.64. The van der Waals surface area contributed by atoms with E-state index in [9.17, 15) is 4.39 Å². The fraction of sp³-hybridized carbons (Fsp3) is 0.273. The number of aromatic nitrogens is 3. The van der Waals surface area contributed by atoms with Crippen LogP contribution >= 0.6 is 23.4 Å². The fourth-order valence-corrected chi connectivity index (χ4v) is 3.98. The lowest BCUT2D eigenvalue weighted by Crippen LogP contribution is -2.01. The van der Waals surface area contributed by atoms with Crippen LogP contribution in [0, 0.1) is 5.82 Å². The molecule has 4 nitrogen and oxygen atoms in total. The summed E-state index contributed by atoms with van der Waals surface area (Å²) in [7, 11) is 0. The number of thioether (sulfide) groups is 1. The molecular formula is C22H23ClFN3OS. The van der Waals surface area contributed by atoms with Gasteiger partial charge in [-0.2, -0.15) is 0 Å². The Bertz CT molecular complexity index is 959. The van der Waals surface area contributed by atoms with Crippen LogP contribution in [0.3, 0.4) is 0 Å². The number of unbranched alkanes of at least 4 members (excludes halogenated alkanes) is 1. The van der Waals surface area contributed by atoms with Gasteiger partial charge in [-0.15, -0.1) is 16.8 Å². The van der Waals surface area contributed by atoms with Crippen LogP contribution in [-0.4, -0.2) is 21.4 Å². The van der Waals surface area contributed by atoms with Crippen molar-refractivity contribution in [2.24, 2.45) is 0 Å². The molecule has 1 heterocycles. The molecule has 0 aliphatic rings. The molecule has 3 aromatic rings. The first-order chi connectivity index (χ1) is 14.1. The van der Waals surface area contributed by atoms with Gasteiger partial charge >= 0.3 is 0 Å². The van der Waals surface area contributed by atoms with E-state index < -0.39 is 0 Å². The molecule has 0 bridgehead atoms. The highest BCUT2D eigenvalue weighted by atomic mass is 35.5. The first kappa shape index (κ1) is 21.4. The number of hydrogen-bond acceptors (Lipinski definition) is 4. The third-order valence-corrected chi connectivity index (χ3v) is 5.65. The Morgan fingerprint density at radius 3 is 2.69 bits per heavy atom. The van der Waals surface area contributed by atoms with Gasteiger partial charge < -0.3 is 4.74 Å². The lowest BCUT2D eigenvalue weighted by Gasteiger charge is -2.09. The van der Waals surface area contributed by atoms with E-state index in [-0.39, 0.29) is 5.82 Å². The summed E-state index contributed by atoms with van der Waals surface area (Å²) in [5.74, 6) is 1.83. The van der Waals surface area contributed by atoms with Crippen molar-refractivity contribution in [2.75, 3.05) is 6.61 Å². The van der Waals surface area contributed by atoms with Gasteiger partial charge in [0, 0.05) is 22.9 Å². The van der Waals surface area contributed by atoms with E-state index in [1.165, 1.54) is 23.9 Å². The van der Waals surface area contributed by atoms with Crippen LogP contribution in [0.2, 0.25) is 5.02 Å². The molecule has 2 aromatic carbocycles. The summed E-state index contributed by atoms with van der Waals surface area (Å²) in [4.78, 5) is 0. The van der Waals surface area contributed by atoms with E-state index in [1.807, 2.05) is 34.9 Å². The van der Waals surface area contributed by atoms with Crippen molar-refractivity contribution in [2.45, 2.75) is 37.2 Å². The van der Waals surface area contributed by atoms with Gasteiger partial charge in [0.15, 0.2) is 11.0 Å². The number of benzene rings is 2. The lowest BCUT2D eigenvalue weighted by atomic mass is 10.2. The molecule has 0 aliphatic carbocycles. The number of allylic oxidation sites excluding steroid dienone is 1. The molecule has 0 saturated carbocycles. The zero-order valence-electron chi connectivity index (χ0n) is 16.3. The molecule has 7 heteroatoms. The fourth-order valence-electron chi connectivity index (χ4n) is 2.72. The summed E-state index contributed by atoms with van der Waals surface area (Å²) in [6, 6.07) is 12.3. The molecular weight excluding hydrogens is 409 g/mol. The molecule has 29 heavy (non-hydrogen) atoms. The Balaban J connectivity index is 1.76. The first-order valence-corrected chi connectivity index (χ1v) is 10.8. The van der Waals surface area contributed by atoms with Crippen LogP contribution < -0.4 is 4.74 Å². The molecule has 3 rings (SSSR count). The summed E-state index contributed by atoms with van der Waals surface area (Å²) < 4.78 is 21.0. The Morgan fingerprint density at radius 1 is 1.21 bits per heavy atom. The van der Waals surface area contributed by atoms with Gasteiger partial charge in [0.1, 0.15) is 11.6 Å². The summed E-state index contributed by atoms with van der Waals surface area (Å²) in [6.07, 6.45) is 3.95. The van der Waals surface area contributed by atoms with Gasteiger partial charge in [-0.1, -0.05) is 48.8 Å². The minimum atomic E-state index is -0.344. The topological polar surface area (TPSA) is 39.9 Å². The number of rotatable bonds is 10. The quantitative estimate of drug-likeness (QED) is 0.212. The summed E-state index contributed by atoms with van der Waals surface area (Å²) in [5, 5.41) is 9.87. The highest BCUT2D eigenvalue weighted by Crippen LogP contribution is 2.29. The molecule has 0 amide bonds. The summed E-state index contributed by atoms with van der Waals surface area (Å²) in [5.41, 5.74) is 1.80. The van der Waals surface area contributed by atoms with Crippen molar-refractivity contribution >= 4 is 23.4 Å². The SMILES string of the molecule is C=CCn1c(SCc2ccc(F)cc2Cl)nnc1-c1ccc(OCCCC)cc1. The maximum atomic E-state index is 13.2. The van der Waals surface area contributed by atoms with Crippen molar-refractivity contribution in [1.82, 2.24) is 14.8 Å². The highest BCUT2D eigenvalue weighted by Gasteiger charge is 2.14. The van der Waals surface area contributed by atoms with E-state index in [0.717, 1.165) is 47.3 Å². The van der Waals surface area contributed by atoms with Crippen LogP contribution in [-0.2, 0) is 12.3 Å². The van der Waals surface area contributed by atoms with Gasteiger partial charge in [-0.3, -0.25) is 4.57 Å². The smallest absolute Gasteiger partial charge is 0.192 e. The van der Waals surface area contributed by atoms with E-state index in [1.54, 1.807) is 6.07 Å². The average molecular weight is 432 g/mol. The Labute approximate surface area is 179 Å². The number of nitrogens with zero attached hydrogens (tertiary/aromatic N) is 3. The van der Waals surface area contributed by atoms with Crippen LogP contribution in [0.5, 0.6) is 5.75 Å². The largest absolute Gasteiger partial charge is 0.494 e. The number of hydrogen-bond donors (Lipinski definition) is 0.